The molecule has 0 atom stereocenters. The first-order valence-corrected chi connectivity index (χ1v) is 6.63. The number of benzene rings is 1. The lowest BCUT2D eigenvalue weighted by atomic mass is 10.2. The van der Waals surface area contributed by atoms with Crippen LogP contribution < -0.4 is 9.64 Å². The SMILES string of the molecule is CCOc1ccc(N2CCN(CO)CC2)c(Cl)c1. The second kappa shape index (κ2) is 6.27. The summed E-state index contributed by atoms with van der Waals surface area (Å²) >= 11 is 6.28. The molecular formula is C13H19ClN2O2. The van der Waals surface area contributed by atoms with E-state index in [0.717, 1.165) is 42.6 Å². The molecule has 18 heavy (non-hydrogen) atoms. The van der Waals surface area contributed by atoms with Gasteiger partial charge < -0.3 is 14.7 Å². The van der Waals surface area contributed by atoms with Crippen molar-refractivity contribution in [3.05, 3.63) is 23.2 Å². The summed E-state index contributed by atoms with van der Waals surface area (Å²) in [7, 11) is 0. The van der Waals surface area contributed by atoms with Crippen LogP contribution in [0, 0.1) is 0 Å². The molecule has 0 radical (unpaired) electrons. The Morgan fingerprint density at radius 2 is 2.00 bits per heavy atom. The largest absolute Gasteiger partial charge is 0.494 e. The molecule has 1 aromatic carbocycles. The zero-order valence-corrected chi connectivity index (χ0v) is 11.4. The summed E-state index contributed by atoms with van der Waals surface area (Å²) in [6.45, 7) is 6.22. The van der Waals surface area contributed by atoms with E-state index in [-0.39, 0.29) is 6.73 Å². The number of aliphatic hydroxyl groups is 1. The summed E-state index contributed by atoms with van der Waals surface area (Å²) in [6.07, 6.45) is 0. The molecule has 100 valence electrons. The molecule has 1 fully saturated rings. The average molecular weight is 271 g/mol. The molecule has 5 heteroatoms. The third-order valence-electron chi connectivity index (χ3n) is 3.14. The second-order valence-corrected chi connectivity index (χ2v) is 4.70. The Hall–Kier alpha value is -0.970. The van der Waals surface area contributed by atoms with Crippen LogP contribution in [0.25, 0.3) is 0 Å². The first kappa shape index (κ1) is 13.5. The van der Waals surface area contributed by atoms with Crippen LogP contribution in [0.4, 0.5) is 5.69 Å². The number of ether oxygens (including phenoxy) is 1. The van der Waals surface area contributed by atoms with Gasteiger partial charge in [0, 0.05) is 32.2 Å². The minimum absolute atomic E-state index is 0.130. The molecule has 0 spiro atoms. The van der Waals surface area contributed by atoms with Gasteiger partial charge in [0.1, 0.15) is 5.75 Å². The van der Waals surface area contributed by atoms with Gasteiger partial charge in [-0.15, -0.1) is 0 Å². The lowest BCUT2D eigenvalue weighted by molar-refractivity contribution is 0.102. The molecule has 1 heterocycles. The van der Waals surface area contributed by atoms with Crippen LogP contribution in [0.2, 0.25) is 5.02 Å². The highest BCUT2D eigenvalue weighted by Crippen LogP contribution is 2.30. The Balaban J connectivity index is 2.05. The minimum Gasteiger partial charge on any atom is -0.494 e. The summed E-state index contributed by atoms with van der Waals surface area (Å²) < 4.78 is 5.42. The molecular weight excluding hydrogens is 252 g/mol. The van der Waals surface area contributed by atoms with E-state index in [0.29, 0.717) is 6.61 Å². The number of hydrogen-bond acceptors (Lipinski definition) is 4. The van der Waals surface area contributed by atoms with E-state index in [9.17, 15) is 0 Å². The Kier molecular flexibility index (Phi) is 4.69. The maximum absolute atomic E-state index is 9.06. The van der Waals surface area contributed by atoms with Gasteiger partial charge in [0.2, 0.25) is 0 Å². The van der Waals surface area contributed by atoms with Crippen molar-refractivity contribution in [3.63, 3.8) is 0 Å². The van der Waals surface area contributed by atoms with Crippen LogP contribution in [0.5, 0.6) is 5.75 Å². The molecule has 1 aliphatic rings. The first-order valence-electron chi connectivity index (χ1n) is 6.25. The highest BCUT2D eigenvalue weighted by atomic mass is 35.5. The zero-order chi connectivity index (χ0) is 13.0. The van der Waals surface area contributed by atoms with Gasteiger partial charge in [0.15, 0.2) is 0 Å². The molecule has 0 saturated carbocycles. The normalized spacial score (nSPS) is 16.9. The van der Waals surface area contributed by atoms with Crippen molar-refractivity contribution in [2.24, 2.45) is 0 Å². The number of rotatable bonds is 4. The summed E-state index contributed by atoms with van der Waals surface area (Å²) in [5.74, 6) is 0.806. The van der Waals surface area contributed by atoms with Crippen LogP contribution in [0.1, 0.15) is 6.92 Å². The molecule has 0 unspecified atom stereocenters. The standard InChI is InChI=1S/C13H19ClN2O2/c1-2-18-11-3-4-13(12(14)9-11)16-7-5-15(10-17)6-8-16/h3-4,9,17H,2,5-8,10H2,1H3. The lowest BCUT2D eigenvalue weighted by Crippen LogP contribution is -2.46. The van der Waals surface area contributed by atoms with Crippen molar-refractivity contribution in [2.75, 3.05) is 44.4 Å². The lowest BCUT2D eigenvalue weighted by Gasteiger charge is -2.35. The van der Waals surface area contributed by atoms with Gasteiger partial charge >= 0.3 is 0 Å². The first-order chi connectivity index (χ1) is 8.74. The van der Waals surface area contributed by atoms with Crippen molar-refractivity contribution in [1.82, 2.24) is 4.90 Å². The predicted octanol–water partition coefficient (Wildman–Crippen LogP) is 1.81. The predicted molar refractivity (Wildman–Crippen MR) is 73.5 cm³/mol. The van der Waals surface area contributed by atoms with E-state index in [4.69, 9.17) is 21.4 Å². The monoisotopic (exact) mass is 270 g/mol. The second-order valence-electron chi connectivity index (χ2n) is 4.29. The van der Waals surface area contributed by atoms with Crippen molar-refractivity contribution in [2.45, 2.75) is 6.92 Å². The van der Waals surface area contributed by atoms with E-state index in [2.05, 4.69) is 4.90 Å². The summed E-state index contributed by atoms with van der Waals surface area (Å²) in [5.41, 5.74) is 1.04. The van der Waals surface area contributed by atoms with Crippen LogP contribution >= 0.6 is 11.6 Å². The van der Waals surface area contributed by atoms with E-state index >= 15 is 0 Å². The Morgan fingerprint density at radius 3 is 2.56 bits per heavy atom. The fourth-order valence-electron chi connectivity index (χ4n) is 2.13. The van der Waals surface area contributed by atoms with Gasteiger partial charge in [-0.3, -0.25) is 4.90 Å². The van der Waals surface area contributed by atoms with Crippen LogP contribution in [-0.4, -0.2) is 49.5 Å². The van der Waals surface area contributed by atoms with Crippen molar-refractivity contribution < 1.29 is 9.84 Å². The highest BCUT2D eigenvalue weighted by molar-refractivity contribution is 6.33. The van der Waals surface area contributed by atoms with Gasteiger partial charge in [-0.05, 0) is 19.1 Å². The van der Waals surface area contributed by atoms with Gasteiger partial charge in [-0.25, -0.2) is 0 Å². The van der Waals surface area contributed by atoms with Gasteiger partial charge in [0.05, 0.1) is 24.0 Å². The summed E-state index contributed by atoms with van der Waals surface area (Å²) in [6, 6.07) is 5.81. The van der Waals surface area contributed by atoms with E-state index in [1.165, 1.54) is 0 Å². The van der Waals surface area contributed by atoms with Gasteiger partial charge in [-0.1, -0.05) is 11.6 Å². The van der Waals surface area contributed by atoms with Crippen LogP contribution in [0.3, 0.4) is 0 Å². The molecule has 0 aromatic heterocycles. The zero-order valence-electron chi connectivity index (χ0n) is 10.6. The van der Waals surface area contributed by atoms with Crippen molar-refractivity contribution in [3.8, 4) is 5.75 Å². The van der Waals surface area contributed by atoms with E-state index in [1.54, 1.807) is 0 Å². The average Bonchev–Trinajstić information content (AvgIpc) is 2.40. The fourth-order valence-corrected chi connectivity index (χ4v) is 2.42. The van der Waals surface area contributed by atoms with E-state index < -0.39 is 0 Å². The topological polar surface area (TPSA) is 35.9 Å². The quantitative estimate of drug-likeness (QED) is 0.905. The molecule has 0 bridgehead atoms. The summed E-state index contributed by atoms with van der Waals surface area (Å²) in [4.78, 5) is 4.25. The molecule has 0 aliphatic carbocycles. The minimum atomic E-state index is 0.130. The maximum Gasteiger partial charge on any atom is 0.120 e. The maximum atomic E-state index is 9.06. The number of nitrogens with zero attached hydrogens (tertiary/aromatic N) is 2. The van der Waals surface area contributed by atoms with E-state index in [1.807, 2.05) is 30.0 Å². The van der Waals surface area contributed by atoms with Crippen molar-refractivity contribution in [1.29, 1.82) is 0 Å². The number of aliphatic hydroxyl groups excluding tert-OH is 1. The third kappa shape index (κ3) is 3.07. The number of anilines is 1. The molecule has 4 nitrogen and oxygen atoms in total. The van der Waals surface area contributed by atoms with Gasteiger partial charge in [0.25, 0.3) is 0 Å². The molecule has 1 N–H and O–H groups in total. The van der Waals surface area contributed by atoms with Gasteiger partial charge in [-0.2, -0.15) is 0 Å². The molecule has 1 aliphatic heterocycles. The molecule has 1 aromatic rings. The molecule has 0 amide bonds. The Labute approximate surface area is 113 Å². The number of halogens is 1. The third-order valence-corrected chi connectivity index (χ3v) is 3.45. The smallest absolute Gasteiger partial charge is 0.120 e. The molecule has 1 saturated heterocycles. The highest BCUT2D eigenvalue weighted by Gasteiger charge is 2.18. The fraction of sp³-hybridized carbons (Fsp3) is 0.538. The Morgan fingerprint density at radius 1 is 1.28 bits per heavy atom. The van der Waals surface area contributed by atoms with Crippen LogP contribution in [0.15, 0.2) is 18.2 Å². The summed E-state index contributed by atoms with van der Waals surface area (Å²) in [5, 5.41) is 9.78. The number of piperazine rings is 1. The Bertz CT molecular complexity index is 393. The molecule has 2 rings (SSSR count). The van der Waals surface area contributed by atoms with Crippen LogP contribution in [-0.2, 0) is 0 Å². The number of hydrogen-bond donors (Lipinski definition) is 1. The van der Waals surface area contributed by atoms with Crippen molar-refractivity contribution >= 4 is 17.3 Å².